The predicted molar refractivity (Wildman–Crippen MR) is 91.9 cm³/mol. The third kappa shape index (κ3) is 3.76. The maximum Gasteiger partial charge on any atom is 0.0701 e. The van der Waals surface area contributed by atoms with Crippen molar-refractivity contribution in [1.82, 2.24) is 15.1 Å². The van der Waals surface area contributed by atoms with E-state index in [1.807, 2.05) is 0 Å². The first-order valence-corrected chi connectivity index (χ1v) is 9.45. The second-order valence-corrected chi connectivity index (χ2v) is 8.01. The molecular weight excluding hydrogens is 346 g/mol. The minimum absolute atomic E-state index is 0.351. The summed E-state index contributed by atoms with van der Waals surface area (Å²) in [7, 11) is 0. The van der Waals surface area contributed by atoms with Gasteiger partial charge in [0.15, 0.2) is 0 Å². The first-order valence-electron chi connectivity index (χ1n) is 7.77. The van der Waals surface area contributed by atoms with Gasteiger partial charge in [0, 0.05) is 18.7 Å². The van der Waals surface area contributed by atoms with Gasteiger partial charge in [-0.25, -0.2) is 0 Å². The molecule has 0 saturated heterocycles. The van der Waals surface area contributed by atoms with Crippen molar-refractivity contribution in [2.75, 3.05) is 6.54 Å². The molecule has 1 saturated carbocycles. The maximum atomic E-state index is 4.81. The molecule has 1 aliphatic rings. The Morgan fingerprint density at radius 1 is 1.48 bits per heavy atom. The number of nitrogens with one attached hydrogen (secondary N) is 1. The molecule has 3 rings (SSSR count). The van der Waals surface area contributed by atoms with Gasteiger partial charge in [0.05, 0.1) is 15.5 Å². The highest BCUT2D eigenvalue weighted by molar-refractivity contribution is 9.11. The summed E-state index contributed by atoms with van der Waals surface area (Å²) in [6, 6.07) is 5.38. The van der Waals surface area contributed by atoms with Crippen LogP contribution in [0, 0.1) is 0 Å². The Balaban J connectivity index is 1.70. The van der Waals surface area contributed by atoms with Gasteiger partial charge in [-0.05, 0) is 58.4 Å². The number of halogens is 1. The second kappa shape index (κ2) is 7.07. The molecule has 1 unspecified atom stereocenters. The van der Waals surface area contributed by atoms with E-state index in [9.17, 15) is 0 Å². The number of thiophene rings is 1. The van der Waals surface area contributed by atoms with Gasteiger partial charge >= 0.3 is 0 Å². The SMILES string of the molecule is CCNC(Cc1ccn(C2CCCC2)n1)c1csc(Br)c1. The fourth-order valence-corrected chi connectivity index (χ4v) is 4.36. The average molecular weight is 368 g/mol. The minimum Gasteiger partial charge on any atom is -0.310 e. The zero-order chi connectivity index (χ0) is 14.7. The molecule has 0 aliphatic heterocycles. The molecule has 2 aromatic rings. The molecule has 0 amide bonds. The topological polar surface area (TPSA) is 29.9 Å². The third-order valence-electron chi connectivity index (χ3n) is 4.22. The highest BCUT2D eigenvalue weighted by atomic mass is 79.9. The lowest BCUT2D eigenvalue weighted by Gasteiger charge is -2.15. The highest BCUT2D eigenvalue weighted by Crippen LogP contribution is 2.30. The van der Waals surface area contributed by atoms with Crippen LogP contribution in [-0.4, -0.2) is 16.3 Å². The van der Waals surface area contributed by atoms with E-state index in [2.05, 4.69) is 56.6 Å². The van der Waals surface area contributed by atoms with Crippen molar-refractivity contribution >= 4 is 27.3 Å². The molecule has 5 heteroatoms. The van der Waals surface area contributed by atoms with Crippen molar-refractivity contribution in [2.24, 2.45) is 0 Å². The van der Waals surface area contributed by atoms with Crippen LogP contribution in [0.25, 0.3) is 0 Å². The van der Waals surface area contributed by atoms with E-state index >= 15 is 0 Å². The largest absolute Gasteiger partial charge is 0.310 e. The monoisotopic (exact) mass is 367 g/mol. The number of hydrogen-bond donors (Lipinski definition) is 1. The fraction of sp³-hybridized carbons (Fsp3) is 0.562. The Bertz CT molecular complexity index is 572. The van der Waals surface area contributed by atoms with Crippen LogP contribution in [0.3, 0.4) is 0 Å². The normalized spacial score (nSPS) is 17.4. The van der Waals surface area contributed by atoms with E-state index in [0.717, 1.165) is 13.0 Å². The second-order valence-electron chi connectivity index (χ2n) is 5.72. The Labute approximate surface area is 138 Å². The van der Waals surface area contributed by atoms with Crippen molar-refractivity contribution in [3.63, 3.8) is 0 Å². The number of rotatable bonds is 6. The Morgan fingerprint density at radius 2 is 2.29 bits per heavy atom. The molecule has 0 radical (unpaired) electrons. The summed E-state index contributed by atoms with van der Waals surface area (Å²) < 4.78 is 3.38. The van der Waals surface area contributed by atoms with Gasteiger partial charge in [0.2, 0.25) is 0 Å². The van der Waals surface area contributed by atoms with Gasteiger partial charge < -0.3 is 5.32 Å². The van der Waals surface area contributed by atoms with Crippen LogP contribution >= 0.6 is 27.3 Å². The van der Waals surface area contributed by atoms with Crippen LogP contribution in [0.1, 0.15) is 55.9 Å². The Morgan fingerprint density at radius 3 is 2.95 bits per heavy atom. The van der Waals surface area contributed by atoms with Crippen LogP contribution in [-0.2, 0) is 6.42 Å². The van der Waals surface area contributed by atoms with E-state index < -0.39 is 0 Å². The van der Waals surface area contributed by atoms with Gasteiger partial charge in [-0.15, -0.1) is 11.3 Å². The van der Waals surface area contributed by atoms with Crippen molar-refractivity contribution in [3.05, 3.63) is 38.8 Å². The molecule has 114 valence electrons. The molecule has 3 nitrogen and oxygen atoms in total. The minimum atomic E-state index is 0.351. The van der Waals surface area contributed by atoms with E-state index in [0.29, 0.717) is 12.1 Å². The van der Waals surface area contributed by atoms with E-state index in [1.165, 1.54) is 40.7 Å². The van der Waals surface area contributed by atoms with Crippen molar-refractivity contribution in [2.45, 2.75) is 51.1 Å². The summed E-state index contributed by atoms with van der Waals surface area (Å²) in [5.41, 5.74) is 2.54. The van der Waals surface area contributed by atoms with E-state index in [-0.39, 0.29) is 0 Å². The molecule has 21 heavy (non-hydrogen) atoms. The first-order chi connectivity index (χ1) is 10.3. The number of aromatic nitrogens is 2. The number of hydrogen-bond acceptors (Lipinski definition) is 3. The standard InChI is InChI=1S/C16H22BrN3S/c1-2-18-15(12-9-16(17)21-11-12)10-13-7-8-20(19-13)14-5-3-4-6-14/h7-9,11,14-15,18H,2-6,10H2,1H3. The molecule has 2 heterocycles. The summed E-state index contributed by atoms with van der Waals surface area (Å²) in [4.78, 5) is 0. The van der Waals surface area contributed by atoms with Crippen LogP contribution in [0.4, 0.5) is 0 Å². The van der Waals surface area contributed by atoms with Gasteiger partial charge in [0.25, 0.3) is 0 Å². The first kappa shape index (κ1) is 15.3. The van der Waals surface area contributed by atoms with Gasteiger partial charge in [-0.2, -0.15) is 5.10 Å². The Kier molecular flexibility index (Phi) is 5.14. The summed E-state index contributed by atoms with van der Waals surface area (Å²) in [5, 5.41) is 10.6. The molecule has 0 bridgehead atoms. The lowest BCUT2D eigenvalue weighted by Crippen LogP contribution is -2.22. The van der Waals surface area contributed by atoms with Gasteiger partial charge in [-0.1, -0.05) is 19.8 Å². The fourth-order valence-electron chi connectivity index (χ4n) is 3.13. The lowest BCUT2D eigenvalue weighted by atomic mass is 10.1. The highest BCUT2D eigenvalue weighted by Gasteiger charge is 2.19. The molecule has 1 fully saturated rings. The third-order valence-corrected chi connectivity index (χ3v) is 5.74. The number of nitrogens with zero attached hydrogens (tertiary/aromatic N) is 2. The lowest BCUT2D eigenvalue weighted by molar-refractivity contribution is 0.457. The summed E-state index contributed by atoms with van der Waals surface area (Å²) >= 11 is 5.30. The van der Waals surface area contributed by atoms with Crippen LogP contribution in [0.5, 0.6) is 0 Å². The van der Waals surface area contributed by atoms with E-state index in [4.69, 9.17) is 5.10 Å². The molecule has 1 aliphatic carbocycles. The van der Waals surface area contributed by atoms with Crippen molar-refractivity contribution in [1.29, 1.82) is 0 Å². The molecule has 2 aromatic heterocycles. The Hall–Kier alpha value is -0.650. The predicted octanol–water partition coefficient (Wildman–Crippen LogP) is 4.72. The zero-order valence-electron chi connectivity index (χ0n) is 12.4. The van der Waals surface area contributed by atoms with Crippen LogP contribution in [0.15, 0.2) is 27.5 Å². The summed E-state index contributed by atoms with van der Waals surface area (Å²) in [6.45, 7) is 3.13. The molecule has 0 spiro atoms. The number of likely N-dealkylation sites (N-methyl/N-ethyl adjacent to an activating group) is 1. The molecule has 0 aromatic carbocycles. The van der Waals surface area contributed by atoms with Crippen molar-refractivity contribution < 1.29 is 0 Å². The quantitative estimate of drug-likeness (QED) is 0.800. The molecular formula is C16H22BrN3S. The maximum absolute atomic E-state index is 4.81. The average Bonchev–Trinajstić information content (AvgIpc) is 3.18. The zero-order valence-corrected chi connectivity index (χ0v) is 14.8. The summed E-state index contributed by atoms with van der Waals surface area (Å²) in [6.07, 6.45) is 8.39. The van der Waals surface area contributed by atoms with Crippen molar-refractivity contribution in [3.8, 4) is 0 Å². The smallest absolute Gasteiger partial charge is 0.0701 e. The molecule has 1 N–H and O–H groups in total. The van der Waals surface area contributed by atoms with Crippen LogP contribution in [0.2, 0.25) is 0 Å². The summed E-state index contributed by atoms with van der Waals surface area (Å²) in [5.74, 6) is 0. The van der Waals surface area contributed by atoms with E-state index in [1.54, 1.807) is 11.3 Å². The van der Waals surface area contributed by atoms with Gasteiger partial charge in [-0.3, -0.25) is 4.68 Å². The molecule has 1 atom stereocenters. The van der Waals surface area contributed by atoms with Gasteiger partial charge in [0.1, 0.15) is 0 Å². The van der Waals surface area contributed by atoms with Crippen LogP contribution < -0.4 is 5.32 Å².